The largest absolute Gasteiger partial charge is 0.376 e. The van der Waals surface area contributed by atoms with Gasteiger partial charge in [-0.3, -0.25) is 4.79 Å². The maximum atomic E-state index is 12.4. The average Bonchev–Trinajstić information content (AvgIpc) is 3.09. The van der Waals surface area contributed by atoms with E-state index in [1.807, 2.05) is 11.8 Å². The predicted molar refractivity (Wildman–Crippen MR) is 79.6 cm³/mol. The number of hydrogen-bond donors (Lipinski definition) is 1. The van der Waals surface area contributed by atoms with Gasteiger partial charge < -0.3 is 15.0 Å². The summed E-state index contributed by atoms with van der Waals surface area (Å²) < 4.78 is 5.70. The van der Waals surface area contributed by atoms with Gasteiger partial charge in [0.1, 0.15) is 0 Å². The Morgan fingerprint density at radius 2 is 2.37 bits per heavy atom. The number of amides is 1. The average molecular weight is 286 g/mol. The summed E-state index contributed by atoms with van der Waals surface area (Å²) in [5.74, 6) is 2.58. The molecule has 0 saturated carbocycles. The van der Waals surface area contributed by atoms with Crippen LogP contribution < -0.4 is 5.32 Å². The van der Waals surface area contributed by atoms with Crippen LogP contribution in [-0.4, -0.2) is 60.7 Å². The molecule has 0 spiro atoms. The molecule has 0 aliphatic carbocycles. The molecule has 2 atom stereocenters. The summed E-state index contributed by atoms with van der Waals surface area (Å²) in [7, 11) is 0. The van der Waals surface area contributed by atoms with Gasteiger partial charge in [-0.15, -0.1) is 0 Å². The molecule has 1 N–H and O–H groups in total. The first-order valence-corrected chi connectivity index (χ1v) is 8.66. The van der Waals surface area contributed by atoms with E-state index >= 15 is 0 Å². The quantitative estimate of drug-likeness (QED) is 0.720. The van der Waals surface area contributed by atoms with E-state index in [1.54, 1.807) is 0 Å². The normalized spacial score (nSPS) is 26.8. The van der Waals surface area contributed by atoms with Crippen LogP contribution in [0.3, 0.4) is 0 Å². The molecule has 0 radical (unpaired) electrons. The van der Waals surface area contributed by atoms with Crippen LogP contribution in [0.15, 0.2) is 0 Å². The zero-order chi connectivity index (χ0) is 13.5. The Balaban J connectivity index is 1.86. The summed E-state index contributed by atoms with van der Waals surface area (Å²) in [6.07, 6.45) is 4.28. The van der Waals surface area contributed by atoms with Crippen molar-refractivity contribution in [3.63, 3.8) is 0 Å². The third-order valence-corrected chi connectivity index (χ3v) is 5.00. The van der Waals surface area contributed by atoms with E-state index in [2.05, 4.69) is 17.1 Å². The monoisotopic (exact) mass is 286 g/mol. The summed E-state index contributed by atoms with van der Waals surface area (Å²) >= 11 is 1.96. The van der Waals surface area contributed by atoms with E-state index < -0.39 is 0 Å². The van der Waals surface area contributed by atoms with Crippen molar-refractivity contribution in [3.05, 3.63) is 0 Å². The van der Waals surface area contributed by atoms with Crippen molar-refractivity contribution in [2.24, 2.45) is 0 Å². The highest BCUT2D eigenvalue weighted by atomic mass is 32.2. The Morgan fingerprint density at radius 3 is 3.00 bits per heavy atom. The summed E-state index contributed by atoms with van der Waals surface area (Å²) in [6.45, 7) is 5.46. The van der Waals surface area contributed by atoms with Gasteiger partial charge in [0.2, 0.25) is 5.91 Å². The van der Waals surface area contributed by atoms with Gasteiger partial charge in [-0.25, -0.2) is 0 Å². The van der Waals surface area contributed by atoms with Gasteiger partial charge in [-0.2, -0.15) is 11.8 Å². The van der Waals surface area contributed by atoms with Crippen molar-refractivity contribution in [1.82, 2.24) is 10.2 Å². The third-order valence-electron chi connectivity index (χ3n) is 3.86. The zero-order valence-electron chi connectivity index (χ0n) is 11.9. The van der Waals surface area contributed by atoms with Crippen LogP contribution in [-0.2, 0) is 9.53 Å². The fourth-order valence-electron chi connectivity index (χ4n) is 2.75. The summed E-state index contributed by atoms with van der Waals surface area (Å²) in [5.41, 5.74) is 0. The van der Waals surface area contributed by atoms with Gasteiger partial charge in [0.05, 0.1) is 6.10 Å². The first kappa shape index (κ1) is 15.1. The molecule has 2 fully saturated rings. The van der Waals surface area contributed by atoms with E-state index in [0.29, 0.717) is 18.4 Å². The van der Waals surface area contributed by atoms with Crippen LogP contribution in [0.4, 0.5) is 0 Å². The smallest absolute Gasteiger partial charge is 0.224 e. The summed E-state index contributed by atoms with van der Waals surface area (Å²) in [4.78, 5) is 14.5. The lowest BCUT2D eigenvalue weighted by atomic mass is 10.1. The van der Waals surface area contributed by atoms with E-state index in [1.165, 1.54) is 5.75 Å². The van der Waals surface area contributed by atoms with Crippen molar-refractivity contribution in [2.75, 3.05) is 37.7 Å². The molecule has 2 saturated heterocycles. The molecule has 2 heterocycles. The highest BCUT2D eigenvalue weighted by Crippen LogP contribution is 2.24. The van der Waals surface area contributed by atoms with Crippen LogP contribution in [0.1, 0.15) is 32.6 Å². The first-order valence-electron chi connectivity index (χ1n) is 7.50. The summed E-state index contributed by atoms with van der Waals surface area (Å²) in [6, 6.07) is 0.434. The zero-order valence-corrected chi connectivity index (χ0v) is 12.7. The molecule has 0 aromatic rings. The molecule has 2 aliphatic heterocycles. The van der Waals surface area contributed by atoms with Crippen LogP contribution in [0.25, 0.3) is 0 Å². The highest BCUT2D eigenvalue weighted by Gasteiger charge is 2.30. The van der Waals surface area contributed by atoms with E-state index in [0.717, 1.165) is 51.3 Å². The number of ether oxygens (including phenoxy) is 1. The Kier molecular flexibility index (Phi) is 6.47. The maximum Gasteiger partial charge on any atom is 0.224 e. The maximum absolute atomic E-state index is 12.4. The number of nitrogens with one attached hydrogen (secondary N) is 1. The van der Waals surface area contributed by atoms with Crippen molar-refractivity contribution in [3.8, 4) is 0 Å². The molecular weight excluding hydrogens is 260 g/mol. The molecule has 2 unspecified atom stereocenters. The minimum atomic E-state index is 0.272. The van der Waals surface area contributed by atoms with E-state index in [9.17, 15) is 4.79 Å². The third kappa shape index (κ3) is 4.65. The number of rotatable bonds is 7. The SMILES string of the molecule is CCNCCC(=O)N(CC1CCCO1)C1CCSC1. The van der Waals surface area contributed by atoms with Gasteiger partial charge in [0, 0.05) is 37.9 Å². The molecule has 110 valence electrons. The number of carbonyl (C=O) groups is 1. The van der Waals surface area contributed by atoms with Crippen LogP contribution in [0, 0.1) is 0 Å². The van der Waals surface area contributed by atoms with Gasteiger partial charge >= 0.3 is 0 Å². The van der Waals surface area contributed by atoms with Crippen molar-refractivity contribution in [1.29, 1.82) is 0 Å². The molecule has 4 nitrogen and oxygen atoms in total. The minimum absolute atomic E-state index is 0.272. The topological polar surface area (TPSA) is 41.6 Å². The molecule has 5 heteroatoms. The predicted octanol–water partition coefficient (Wildman–Crippen LogP) is 1.50. The Hall–Kier alpha value is -0.260. The lowest BCUT2D eigenvalue weighted by molar-refractivity contribution is -0.134. The second-order valence-electron chi connectivity index (χ2n) is 5.30. The van der Waals surface area contributed by atoms with Crippen LogP contribution in [0.5, 0.6) is 0 Å². The molecule has 0 bridgehead atoms. The molecule has 2 rings (SSSR count). The van der Waals surface area contributed by atoms with Crippen molar-refractivity contribution < 1.29 is 9.53 Å². The molecular formula is C14H26N2O2S. The minimum Gasteiger partial charge on any atom is -0.376 e. The van der Waals surface area contributed by atoms with E-state index in [4.69, 9.17) is 4.74 Å². The second kappa shape index (κ2) is 8.12. The number of nitrogens with zero attached hydrogens (tertiary/aromatic N) is 1. The molecule has 1 amide bonds. The Labute approximate surface area is 120 Å². The molecule has 19 heavy (non-hydrogen) atoms. The van der Waals surface area contributed by atoms with Crippen LogP contribution >= 0.6 is 11.8 Å². The number of carbonyl (C=O) groups excluding carboxylic acids is 1. The fraction of sp³-hybridized carbons (Fsp3) is 0.929. The lowest BCUT2D eigenvalue weighted by Crippen LogP contribution is -2.45. The fourth-order valence-corrected chi connectivity index (χ4v) is 3.97. The second-order valence-corrected chi connectivity index (χ2v) is 6.45. The molecule has 0 aromatic carbocycles. The van der Waals surface area contributed by atoms with E-state index in [-0.39, 0.29) is 6.10 Å². The Bertz CT molecular complexity index is 277. The highest BCUT2D eigenvalue weighted by molar-refractivity contribution is 7.99. The van der Waals surface area contributed by atoms with Gasteiger partial charge in [-0.05, 0) is 31.6 Å². The number of hydrogen-bond acceptors (Lipinski definition) is 4. The van der Waals surface area contributed by atoms with Gasteiger partial charge in [0.25, 0.3) is 0 Å². The van der Waals surface area contributed by atoms with Crippen LogP contribution in [0.2, 0.25) is 0 Å². The Morgan fingerprint density at radius 1 is 1.47 bits per heavy atom. The molecule has 2 aliphatic rings. The van der Waals surface area contributed by atoms with Gasteiger partial charge in [-0.1, -0.05) is 6.92 Å². The van der Waals surface area contributed by atoms with Crippen molar-refractivity contribution in [2.45, 2.75) is 44.8 Å². The first-order chi connectivity index (χ1) is 9.31. The summed E-state index contributed by atoms with van der Waals surface area (Å²) in [5, 5.41) is 3.23. The van der Waals surface area contributed by atoms with Crippen molar-refractivity contribution >= 4 is 17.7 Å². The standard InChI is InChI=1S/C14H26N2O2S/c1-2-15-7-5-14(17)16(12-6-9-19-11-12)10-13-4-3-8-18-13/h12-13,15H,2-11H2,1H3. The lowest BCUT2D eigenvalue weighted by Gasteiger charge is -2.31. The number of thioether (sulfide) groups is 1. The van der Waals surface area contributed by atoms with Gasteiger partial charge in [0.15, 0.2) is 0 Å². The molecule has 0 aromatic heterocycles.